The van der Waals surface area contributed by atoms with Gasteiger partial charge < -0.3 is 9.88 Å². The van der Waals surface area contributed by atoms with Gasteiger partial charge in [-0.2, -0.15) is 0 Å². The normalized spacial score (nSPS) is 11.3. The first-order valence-electron chi connectivity index (χ1n) is 8.19. The Morgan fingerprint density at radius 2 is 1.96 bits per heavy atom. The predicted molar refractivity (Wildman–Crippen MR) is 95.1 cm³/mol. The first-order chi connectivity index (χ1) is 12.2. The number of aromatic nitrogens is 5. The molecule has 0 atom stereocenters. The molecule has 0 aliphatic rings. The molecule has 2 aromatic heterocycles. The Labute approximate surface area is 144 Å². The number of aryl methyl sites for hydroxylation is 2. The molecule has 1 amide bonds. The third kappa shape index (κ3) is 2.63. The second kappa shape index (κ2) is 6.01. The summed E-state index contributed by atoms with van der Waals surface area (Å²) in [6.45, 7) is 3.12. The molecule has 7 nitrogen and oxygen atoms in total. The molecule has 0 aliphatic carbocycles. The van der Waals surface area contributed by atoms with Gasteiger partial charge in [-0.1, -0.05) is 17.3 Å². The van der Waals surface area contributed by atoms with Crippen LogP contribution in [0.25, 0.3) is 22.1 Å². The number of nitrogens with one attached hydrogen (secondary N) is 1. The van der Waals surface area contributed by atoms with E-state index < -0.39 is 0 Å². The van der Waals surface area contributed by atoms with E-state index in [1.807, 2.05) is 48.9 Å². The van der Waals surface area contributed by atoms with Gasteiger partial charge in [0.25, 0.3) is 5.91 Å². The molecule has 0 saturated carbocycles. The second-order valence-electron chi connectivity index (χ2n) is 5.87. The van der Waals surface area contributed by atoms with E-state index in [0.29, 0.717) is 12.1 Å². The highest BCUT2D eigenvalue weighted by Crippen LogP contribution is 2.15. The zero-order valence-electron chi connectivity index (χ0n) is 14.1. The molecule has 0 unspecified atom stereocenters. The van der Waals surface area contributed by atoms with Crippen LogP contribution in [0.1, 0.15) is 23.1 Å². The minimum atomic E-state index is -0.153. The Morgan fingerprint density at radius 1 is 1.12 bits per heavy atom. The number of benzene rings is 2. The van der Waals surface area contributed by atoms with Crippen LogP contribution in [0.4, 0.5) is 0 Å². The van der Waals surface area contributed by atoms with Crippen molar-refractivity contribution < 1.29 is 4.79 Å². The summed E-state index contributed by atoms with van der Waals surface area (Å²) in [7, 11) is 1.95. The van der Waals surface area contributed by atoms with Gasteiger partial charge in [0.15, 0.2) is 0 Å². The summed E-state index contributed by atoms with van der Waals surface area (Å²) in [6, 6.07) is 13.3. The molecule has 0 aliphatic heterocycles. The fourth-order valence-corrected chi connectivity index (χ4v) is 2.96. The van der Waals surface area contributed by atoms with E-state index in [4.69, 9.17) is 0 Å². The lowest BCUT2D eigenvalue weighted by Crippen LogP contribution is -2.24. The third-order valence-electron chi connectivity index (χ3n) is 4.36. The number of imidazole rings is 1. The summed E-state index contributed by atoms with van der Waals surface area (Å²) in [5.41, 5.74) is 4.18. The molecule has 4 rings (SSSR count). The molecule has 0 radical (unpaired) electrons. The molecular formula is C18H18N6O. The predicted octanol–water partition coefficient (Wildman–Crippen LogP) is 2.27. The Hall–Kier alpha value is -3.22. The van der Waals surface area contributed by atoms with Crippen molar-refractivity contribution >= 4 is 28.0 Å². The topological polar surface area (TPSA) is 77.6 Å². The Kier molecular flexibility index (Phi) is 3.68. The largest absolute Gasteiger partial charge is 0.345 e. The summed E-state index contributed by atoms with van der Waals surface area (Å²) in [6.07, 6.45) is 0. The van der Waals surface area contributed by atoms with Crippen molar-refractivity contribution in [1.82, 2.24) is 29.9 Å². The van der Waals surface area contributed by atoms with Crippen molar-refractivity contribution in [3.05, 3.63) is 53.9 Å². The van der Waals surface area contributed by atoms with Gasteiger partial charge >= 0.3 is 0 Å². The number of para-hydroxylation sites is 2. The van der Waals surface area contributed by atoms with Gasteiger partial charge in [-0.3, -0.25) is 4.79 Å². The van der Waals surface area contributed by atoms with Gasteiger partial charge in [0.1, 0.15) is 11.3 Å². The van der Waals surface area contributed by atoms with Crippen LogP contribution in [0.15, 0.2) is 42.5 Å². The van der Waals surface area contributed by atoms with Crippen LogP contribution in [-0.4, -0.2) is 30.5 Å². The lowest BCUT2D eigenvalue weighted by Gasteiger charge is -2.06. The van der Waals surface area contributed by atoms with E-state index in [0.717, 1.165) is 34.4 Å². The van der Waals surface area contributed by atoms with E-state index in [9.17, 15) is 4.79 Å². The standard InChI is InChI=1S/C18H18N6O/c1-3-24-16-9-8-12(10-14(16)21-22-24)18(25)19-11-17-20-13-6-4-5-7-15(13)23(17)2/h4-10H,3,11H2,1-2H3,(H,19,25). The Bertz CT molecular complexity index is 1080. The highest BCUT2D eigenvalue weighted by atomic mass is 16.1. The average molecular weight is 334 g/mol. The fourth-order valence-electron chi connectivity index (χ4n) is 2.96. The molecule has 1 N–H and O–H groups in total. The van der Waals surface area contributed by atoms with Crippen molar-refractivity contribution in [1.29, 1.82) is 0 Å². The summed E-state index contributed by atoms with van der Waals surface area (Å²) in [4.78, 5) is 17.0. The molecule has 0 fully saturated rings. The minimum absolute atomic E-state index is 0.153. The van der Waals surface area contributed by atoms with Crippen LogP contribution in [0.5, 0.6) is 0 Å². The second-order valence-corrected chi connectivity index (χ2v) is 5.87. The Balaban J connectivity index is 1.54. The Morgan fingerprint density at radius 3 is 2.76 bits per heavy atom. The zero-order valence-corrected chi connectivity index (χ0v) is 14.1. The van der Waals surface area contributed by atoms with Crippen LogP contribution in [-0.2, 0) is 20.1 Å². The van der Waals surface area contributed by atoms with Crippen molar-refractivity contribution in [2.45, 2.75) is 20.0 Å². The lowest BCUT2D eigenvalue weighted by molar-refractivity contribution is 0.0950. The van der Waals surface area contributed by atoms with E-state index >= 15 is 0 Å². The van der Waals surface area contributed by atoms with E-state index in [2.05, 4.69) is 20.6 Å². The van der Waals surface area contributed by atoms with Gasteiger partial charge in [0.05, 0.1) is 23.1 Å². The molecule has 2 aromatic carbocycles. The average Bonchev–Trinajstić information content (AvgIpc) is 3.20. The monoisotopic (exact) mass is 334 g/mol. The van der Waals surface area contributed by atoms with Gasteiger partial charge in [-0.05, 0) is 37.3 Å². The van der Waals surface area contributed by atoms with Crippen molar-refractivity contribution in [2.24, 2.45) is 7.05 Å². The fraction of sp³-hybridized carbons (Fsp3) is 0.222. The first-order valence-corrected chi connectivity index (χ1v) is 8.19. The minimum Gasteiger partial charge on any atom is -0.345 e. The van der Waals surface area contributed by atoms with Crippen LogP contribution in [0.3, 0.4) is 0 Å². The number of amides is 1. The maximum Gasteiger partial charge on any atom is 0.251 e. The summed E-state index contributed by atoms with van der Waals surface area (Å²) >= 11 is 0. The van der Waals surface area contributed by atoms with E-state index in [-0.39, 0.29) is 5.91 Å². The van der Waals surface area contributed by atoms with E-state index in [1.54, 1.807) is 16.8 Å². The first kappa shape index (κ1) is 15.3. The van der Waals surface area contributed by atoms with Gasteiger partial charge in [-0.25, -0.2) is 9.67 Å². The number of carbonyl (C=O) groups excluding carboxylic acids is 1. The van der Waals surface area contributed by atoms with Crippen LogP contribution >= 0.6 is 0 Å². The molecule has 0 spiro atoms. The quantitative estimate of drug-likeness (QED) is 0.621. The number of fused-ring (bicyclic) bond motifs is 2. The maximum absolute atomic E-state index is 12.5. The highest BCUT2D eigenvalue weighted by Gasteiger charge is 2.12. The molecule has 0 saturated heterocycles. The third-order valence-corrected chi connectivity index (χ3v) is 4.36. The highest BCUT2D eigenvalue weighted by molar-refractivity contribution is 5.97. The SMILES string of the molecule is CCn1nnc2cc(C(=O)NCc3nc4ccccc4n3C)ccc21. The van der Waals surface area contributed by atoms with Crippen molar-refractivity contribution in [3.8, 4) is 0 Å². The number of nitrogens with zero attached hydrogens (tertiary/aromatic N) is 5. The van der Waals surface area contributed by atoms with Crippen molar-refractivity contribution in [2.75, 3.05) is 0 Å². The number of carbonyl (C=O) groups is 1. The van der Waals surface area contributed by atoms with Crippen LogP contribution in [0, 0.1) is 0 Å². The molecule has 126 valence electrons. The molecule has 2 heterocycles. The number of rotatable bonds is 4. The molecular weight excluding hydrogens is 316 g/mol. The van der Waals surface area contributed by atoms with Crippen LogP contribution in [0.2, 0.25) is 0 Å². The number of hydrogen-bond acceptors (Lipinski definition) is 4. The maximum atomic E-state index is 12.5. The summed E-state index contributed by atoms with van der Waals surface area (Å²) < 4.78 is 3.79. The van der Waals surface area contributed by atoms with Crippen molar-refractivity contribution in [3.63, 3.8) is 0 Å². The smallest absolute Gasteiger partial charge is 0.251 e. The van der Waals surface area contributed by atoms with E-state index in [1.165, 1.54) is 0 Å². The lowest BCUT2D eigenvalue weighted by atomic mass is 10.2. The number of hydrogen-bond donors (Lipinski definition) is 1. The zero-order chi connectivity index (χ0) is 17.4. The summed E-state index contributed by atoms with van der Waals surface area (Å²) in [5, 5.41) is 11.1. The van der Waals surface area contributed by atoms with Gasteiger partial charge in [0, 0.05) is 19.2 Å². The summed E-state index contributed by atoms with van der Waals surface area (Å²) in [5.74, 6) is 0.660. The van der Waals surface area contributed by atoms with Gasteiger partial charge in [0.2, 0.25) is 0 Å². The molecule has 4 aromatic rings. The van der Waals surface area contributed by atoms with Gasteiger partial charge in [-0.15, -0.1) is 5.10 Å². The van der Waals surface area contributed by atoms with Crippen LogP contribution < -0.4 is 5.32 Å². The molecule has 0 bridgehead atoms. The molecule has 25 heavy (non-hydrogen) atoms. The molecule has 7 heteroatoms.